The Kier molecular flexibility index (Phi) is 5.19. The van der Waals surface area contributed by atoms with Gasteiger partial charge in [0.25, 0.3) is 0 Å². The minimum absolute atomic E-state index is 0.361. The van der Waals surface area contributed by atoms with Crippen LogP contribution in [0.4, 0.5) is 10.7 Å². The van der Waals surface area contributed by atoms with E-state index in [0.717, 1.165) is 6.42 Å². The summed E-state index contributed by atoms with van der Waals surface area (Å²) >= 11 is 0. The Morgan fingerprint density at radius 3 is 3.00 bits per heavy atom. The fourth-order valence-electron chi connectivity index (χ4n) is 1.29. The van der Waals surface area contributed by atoms with Gasteiger partial charge in [-0.3, -0.25) is 0 Å². The molecule has 0 saturated heterocycles. The lowest BCUT2D eigenvalue weighted by molar-refractivity contribution is 0.158. The van der Waals surface area contributed by atoms with Gasteiger partial charge in [0.2, 0.25) is 5.88 Å². The molecule has 0 radical (unpaired) electrons. The second-order valence-corrected chi connectivity index (χ2v) is 3.16. The summed E-state index contributed by atoms with van der Waals surface area (Å²) in [5.74, 6) is 0.517. The van der Waals surface area contributed by atoms with E-state index < -0.39 is 0 Å². The van der Waals surface area contributed by atoms with E-state index >= 15 is 0 Å². The molecule has 0 aliphatic carbocycles. The highest BCUT2D eigenvalue weighted by atomic mass is 16.6. The normalized spacial score (nSPS) is 10.6. The molecule has 1 aromatic rings. The fraction of sp³-hybridized carbons (Fsp3) is 0.417. The first-order chi connectivity index (χ1) is 7.79. The lowest BCUT2D eigenvalue weighted by Crippen LogP contribution is -2.32. The first kappa shape index (κ1) is 12.4. The predicted molar refractivity (Wildman–Crippen MR) is 62.5 cm³/mol. The number of ether oxygens (including phenoxy) is 1. The van der Waals surface area contributed by atoms with Crippen LogP contribution in [-0.2, 0) is 4.74 Å². The van der Waals surface area contributed by atoms with Gasteiger partial charge in [-0.15, -0.1) is 0 Å². The minimum atomic E-state index is -0.373. The molecular weight excluding hydrogens is 206 g/mol. The van der Waals surface area contributed by atoms with Crippen molar-refractivity contribution in [2.75, 3.05) is 18.1 Å². The molecule has 4 nitrogen and oxygen atoms in total. The largest absolute Gasteiger partial charge is 0.449 e. The maximum absolute atomic E-state index is 11.7. The molecule has 1 aromatic heterocycles. The van der Waals surface area contributed by atoms with Crippen molar-refractivity contribution in [3.8, 4) is 0 Å². The number of nitrogens with zero attached hydrogens (tertiary/aromatic N) is 1. The van der Waals surface area contributed by atoms with E-state index in [0.29, 0.717) is 19.0 Å². The quantitative estimate of drug-likeness (QED) is 0.720. The third-order valence-corrected chi connectivity index (χ3v) is 2.02. The molecule has 0 fully saturated rings. The van der Waals surface area contributed by atoms with Crippen molar-refractivity contribution >= 4 is 12.0 Å². The summed E-state index contributed by atoms with van der Waals surface area (Å²) in [5.41, 5.74) is 0. The Balaban J connectivity index is 2.65. The zero-order chi connectivity index (χ0) is 11.8. The van der Waals surface area contributed by atoms with Crippen LogP contribution in [0.5, 0.6) is 0 Å². The molecule has 16 heavy (non-hydrogen) atoms. The van der Waals surface area contributed by atoms with E-state index in [1.54, 1.807) is 19.1 Å². The number of furan rings is 1. The topological polar surface area (TPSA) is 42.7 Å². The van der Waals surface area contributed by atoms with Gasteiger partial charge in [-0.1, -0.05) is 12.2 Å². The number of rotatable bonds is 5. The molecule has 0 saturated carbocycles. The Morgan fingerprint density at radius 1 is 1.62 bits per heavy atom. The van der Waals surface area contributed by atoms with Crippen molar-refractivity contribution in [2.24, 2.45) is 0 Å². The molecule has 0 spiro atoms. The number of allylic oxidation sites excluding steroid dienone is 1. The smallest absolute Gasteiger partial charge is 0.416 e. The molecule has 1 heterocycles. The first-order valence-electron chi connectivity index (χ1n) is 5.38. The van der Waals surface area contributed by atoms with Crippen molar-refractivity contribution in [3.05, 3.63) is 30.5 Å². The van der Waals surface area contributed by atoms with Crippen LogP contribution < -0.4 is 4.90 Å². The maximum atomic E-state index is 11.7. The molecular formula is C12H17NO3. The average Bonchev–Trinajstić information content (AvgIpc) is 2.78. The average molecular weight is 223 g/mol. The van der Waals surface area contributed by atoms with Crippen LogP contribution in [0.1, 0.15) is 20.3 Å². The van der Waals surface area contributed by atoms with E-state index in [4.69, 9.17) is 9.15 Å². The van der Waals surface area contributed by atoms with Gasteiger partial charge in [-0.25, -0.2) is 9.69 Å². The van der Waals surface area contributed by atoms with Gasteiger partial charge in [-0.2, -0.15) is 0 Å². The van der Waals surface area contributed by atoms with Gasteiger partial charge in [0.05, 0.1) is 12.9 Å². The number of carbonyl (C=O) groups is 1. The van der Waals surface area contributed by atoms with E-state index in [1.165, 1.54) is 11.2 Å². The Bertz CT molecular complexity index is 330. The Hall–Kier alpha value is -1.71. The van der Waals surface area contributed by atoms with E-state index in [-0.39, 0.29) is 6.09 Å². The van der Waals surface area contributed by atoms with Crippen molar-refractivity contribution in [2.45, 2.75) is 20.3 Å². The molecule has 1 amide bonds. The predicted octanol–water partition coefficient (Wildman–Crippen LogP) is 3.21. The van der Waals surface area contributed by atoms with Crippen LogP contribution in [-0.4, -0.2) is 19.2 Å². The van der Waals surface area contributed by atoms with Crippen LogP contribution in [0, 0.1) is 0 Å². The molecule has 0 aliphatic rings. The minimum Gasteiger partial charge on any atom is -0.449 e. The number of amides is 1. The zero-order valence-corrected chi connectivity index (χ0v) is 9.68. The maximum Gasteiger partial charge on any atom is 0.416 e. The summed E-state index contributed by atoms with van der Waals surface area (Å²) in [6.07, 6.45) is 5.88. The van der Waals surface area contributed by atoms with Crippen molar-refractivity contribution in [3.63, 3.8) is 0 Å². The van der Waals surface area contributed by atoms with Gasteiger partial charge < -0.3 is 9.15 Å². The summed E-state index contributed by atoms with van der Waals surface area (Å²) in [6.45, 7) is 4.64. The highest BCUT2D eigenvalue weighted by Gasteiger charge is 2.17. The van der Waals surface area contributed by atoms with Crippen LogP contribution in [0.3, 0.4) is 0 Å². The first-order valence-corrected chi connectivity index (χ1v) is 5.38. The van der Waals surface area contributed by atoms with Gasteiger partial charge in [-0.05, 0) is 26.3 Å². The lowest BCUT2D eigenvalue weighted by Gasteiger charge is -2.18. The number of anilines is 1. The zero-order valence-electron chi connectivity index (χ0n) is 9.68. The Morgan fingerprint density at radius 2 is 2.44 bits per heavy atom. The Labute approximate surface area is 95.5 Å². The van der Waals surface area contributed by atoms with Crippen molar-refractivity contribution < 1.29 is 13.9 Å². The second-order valence-electron chi connectivity index (χ2n) is 3.16. The van der Waals surface area contributed by atoms with Crippen LogP contribution in [0.25, 0.3) is 0 Å². The summed E-state index contributed by atoms with van der Waals surface area (Å²) < 4.78 is 10.2. The highest BCUT2D eigenvalue weighted by Crippen LogP contribution is 2.16. The summed E-state index contributed by atoms with van der Waals surface area (Å²) in [4.78, 5) is 13.1. The molecule has 0 aliphatic heterocycles. The van der Waals surface area contributed by atoms with Crippen LogP contribution in [0.2, 0.25) is 0 Å². The van der Waals surface area contributed by atoms with E-state index in [1.807, 2.05) is 19.1 Å². The third kappa shape index (κ3) is 3.46. The van der Waals surface area contributed by atoms with Crippen molar-refractivity contribution in [1.82, 2.24) is 0 Å². The van der Waals surface area contributed by atoms with E-state index in [2.05, 4.69) is 0 Å². The molecule has 0 N–H and O–H groups in total. The third-order valence-electron chi connectivity index (χ3n) is 2.02. The summed E-state index contributed by atoms with van der Waals surface area (Å²) in [6, 6.07) is 3.49. The molecule has 0 atom stereocenters. The van der Waals surface area contributed by atoms with Gasteiger partial charge >= 0.3 is 6.09 Å². The standard InChI is InChI=1S/C12H17NO3/c1-3-5-6-9-13(12(14)15-4-2)11-8-7-10-16-11/h3,5,7-8,10H,4,6,9H2,1-2H3/b5-3+. The fourth-order valence-corrected chi connectivity index (χ4v) is 1.29. The molecule has 0 bridgehead atoms. The molecule has 4 heteroatoms. The monoisotopic (exact) mass is 223 g/mol. The summed E-state index contributed by atoms with van der Waals surface area (Å²) in [7, 11) is 0. The van der Waals surface area contributed by atoms with Gasteiger partial charge in [0, 0.05) is 12.6 Å². The summed E-state index contributed by atoms with van der Waals surface area (Å²) in [5, 5.41) is 0. The SMILES string of the molecule is C/C=C/CCN(C(=O)OCC)c1ccco1. The second kappa shape index (κ2) is 6.71. The van der Waals surface area contributed by atoms with Crippen LogP contribution >= 0.6 is 0 Å². The van der Waals surface area contributed by atoms with Gasteiger partial charge in [0.1, 0.15) is 0 Å². The number of hydrogen-bond acceptors (Lipinski definition) is 3. The van der Waals surface area contributed by atoms with Crippen molar-refractivity contribution in [1.29, 1.82) is 0 Å². The lowest BCUT2D eigenvalue weighted by atomic mass is 10.3. The molecule has 1 rings (SSSR count). The van der Waals surface area contributed by atoms with Crippen LogP contribution in [0.15, 0.2) is 35.0 Å². The van der Waals surface area contributed by atoms with E-state index in [9.17, 15) is 4.79 Å². The molecule has 0 unspecified atom stereocenters. The molecule has 0 aromatic carbocycles. The van der Waals surface area contributed by atoms with Gasteiger partial charge in [0.15, 0.2) is 0 Å². The molecule has 88 valence electrons. The highest BCUT2D eigenvalue weighted by molar-refractivity contribution is 5.85. The number of carbonyl (C=O) groups excluding carboxylic acids is 1. The number of hydrogen-bond donors (Lipinski definition) is 0.